The summed E-state index contributed by atoms with van der Waals surface area (Å²) in [7, 11) is 0. The van der Waals surface area contributed by atoms with E-state index in [2.05, 4.69) is 6.58 Å². The Hall–Kier alpha value is -2.41. The topological polar surface area (TPSA) is 99.1 Å². The summed E-state index contributed by atoms with van der Waals surface area (Å²) in [5.74, 6) is -2.18. The van der Waals surface area contributed by atoms with Crippen LogP contribution in [0.5, 0.6) is 0 Å². The van der Waals surface area contributed by atoms with Crippen molar-refractivity contribution in [3.05, 3.63) is 35.5 Å². The molecule has 1 heterocycles. The molecule has 0 spiro atoms. The van der Waals surface area contributed by atoms with Crippen LogP contribution in [0, 0.1) is 11.8 Å². The fraction of sp³-hybridized carbons (Fsp3) is 0.591. The van der Waals surface area contributed by atoms with Gasteiger partial charge in [0, 0.05) is 18.9 Å². The summed E-state index contributed by atoms with van der Waals surface area (Å²) in [5.41, 5.74) is 1.74. The molecule has 7 heteroatoms. The van der Waals surface area contributed by atoms with Gasteiger partial charge in [-0.1, -0.05) is 26.5 Å². The van der Waals surface area contributed by atoms with Gasteiger partial charge in [0.2, 0.25) is 0 Å². The number of ether oxygens (including phenoxy) is 3. The molecule has 0 radical (unpaired) electrons. The minimum atomic E-state index is -0.698. The number of hydrogen-bond donors (Lipinski definition) is 1. The standard InChI is InChI=1S/C22H30O7/c1-5-13(2)21(25)28-19-10-17(12-27-15(4)24)8-6-7-16(11-23)9-18-20(19)14(3)22(26)29-18/h8-9,13,18-20,23H,3,5-7,10-12H2,1-2,4H3. The van der Waals surface area contributed by atoms with Crippen LogP contribution >= 0.6 is 0 Å². The minimum absolute atomic E-state index is 0.0730. The molecule has 1 saturated heterocycles. The molecule has 1 fully saturated rings. The molecular weight excluding hydrogens is 376 g/mol. The Bertz CT molecular complexity index is 719. The molecule has 4 atom stereocenters. The van der Waals surface area contributed by atoms with Crippen molar-refractivity contribution in [2.24, 2.45) is 11.8 Å². The van der Waals surface area contributed by atoms with Crippen molar-refractivity contribution >= 4 is 17.9 Å². The Labute approximate surface area is 171 Å². The predicted octanol–water partition coefficient (Wildman–Crippen LogP) is 2.63. The van der Waals surface area contributed by atoms with Crippen LogP contribution in [0.2, 0.25) is 0 Å². The average molecular weight is 406 g/mol. The van der Waals surface area contributed by atoms with Crippen molar-refractivity contribution in [1.82, 2.24) is 0 Å². The number of carbonyl (C=O) groups is 3. The van der Waals surface area contributed by atoms with Gasteiger partial charge < -0.3 is 19.3 Å². The maximum atomic E-state index is 12.5. The Morgan fingerprint density at radius 2 is 2.10 bits per heavy atom. The lowest BCUT2D eigenvalue weighted by atomic mass is 9.85. The lowest BCUT2D eigenvalue weighted by Gasteiger charge is -2.29. The maximum absolute atomic E-state index is 12.5. The fourth-order valence-electron chi connectivity index (χ4n) is 3.42. The summed E-state index contributed by atoms with van der Waals surface area (Å²) in [6.45, 7) is 8.77. The van der Waals surface area contributed by atoms with Gasteiger partial charge in [0.25, 0.3) is 0 Å². The lowest BCUT2D eigenvalue weighted by Crippen LogP contribution is -2.35. The highest BCUT2D eigenvalue weighted by molar-refractivity contribution is 5.91. The summed E-state index contributed by atoms with van der Waals surface area (Å²) in [6.07, 6.45) is 4.41. The number of aliphatic hydroxyl groups is 1. The largest absolute Gasteiger partial charge is 0.461 e. The van der Waals surface area contributed by atoms with Gasteiger partial charge in [-0.05, 0) is 36.5 Å². The minimum Gasteiger partial charge on any atom is -0.461 e. The molecule has 7 nitrogen and oxygen atoms in total. The fourth-order valence-corrected chi connectivity index (χ4v) is 3.42. The van der Waals surface area contributed by atoms with E-state index in [-0.39, 0.29) is 30.7 Å². The third kappa shape index (κ3) is 6.03. The first-order valence-corrected chi connectivity index (χ1v) is 9.98. The van der Waals surface area contributed by atoms with Gasteiger partial charge in [0.1, 0.15) is 18.8 Å². The number of allylic oxidation sites excluding steroid dienone is 1. The molecule has 2 rings (SSSR count). The number of fused-ring (bicyclic) bond motifs is 1. The van der Waals surface area contributed by atoms with Crippen molar-refractivity contribution in [2.45, 2.75) is 58.7 Å². The van der Waals surface area contributed by atoms with Crippen molar-refractivity contribution in [3.63, 3.8) is 0 Å². The first-order chi connectivity index (χ1) is 13.8. The van der Waals surface area contributed by atoms with E-state index in [1.54, 1.807) is 13.0 Å². The van der Waals surface area contributed by atoms with Crippen molar-refractivity contribution in [3.8, 4) is 0 Å². The molecule has 0 amide bonds. The zero-order chi connectivity index (χ0) is 21.6. The van der Waals surface area contributed by atoms with E-state index in [1.807, 2.05) is 13.0 Å². The number of rotatable bonds is 6. The van der Waals surface area contributed by atoms with Crippen LogP contribution in [0.4, 0.5) is 0 Å². The molecule has 1 N–H and O–H groups in total. The third-order valence-corrected chi connectivity index (χ3v) is 5.37. The normalized spacial score (nSPS) is 25.9. The van der Waals surface area contributed by atoms with E-state index in [9.17, 15) is 19.5 Å². The summed E-state index contributed by atoms with van der Waals surface area (Å²) < 4.78 is 16.4. The molecule has 1 aliphatic carbocycles. The van der Waals surface area contributed by atoms with E-state index < -0.39 is 30.1 Å². The quantitative estimate of drug-likeness (QED) is 0.313. The van der Waals surface area contributed by atoms with Gasteiger partial charge in [0.05, 0.1) is 18.4 Å². The second-order valence-electron chi connectivity index (χ2n) is 7.57. The van der Waals surface area contributed by atoms with Gasteiger partial charge in [-0.25, -0.2) is 4.79 Å². The van der Waals surface area contributed by atoms with Gasteiger partial charge in [-0.3, -0.25) is 9.59 Å². The molecule has 4 unspecified atom stereocenters. The van der Waals surface area contributed by atoms with Crippen molar-refractivity contribution in [1.29, 1.82) is 0 Å². The average Bonchev–Trinajstić information content (AvgIpc) is 2.96. The van der Waals surface area contributed by atoms with Gasteiger partial charge in [-0.2, -0.15) is 0 Å². The van der Waals surface area contributed by atoms with Crippen LogP contribution in [0.1, 0.15) is 46.5 Å². The second kappa shape index (κ2) is 10.4. The van der Waals surface area contributed by atoms with Crippen molar-refractivity contribution in [2.75, 3.05) is 13.2 Å². The summed E-state index contributed by atoms with van der Waals surface area (Å²) in [6, 6.07) is 0. The highest BCUT2D eigenvalue weighted by Crippen LogP contribution is 2.36. The zero-order valence-electron chi connectivity index (χ0n) is 17.3. The second-order valence-corrected chi connectivity index (χ2v) is 7.57. The van der Waals surface area contributed by atoms with E-state index in [0.29, 0.717) is 25.7 Å². The highest BCUT2D eigenvalue weighted by atomic mass is 16.6. The molecule has 0 aromatic heterocycles. The number of carbonyl (C=O) groups excluding carboxylic acids is 3. The molecule has 160 valence electrons. The Kier molecular flexibility index (Phi) is 8.20. The van der Waals surface area contributed by atoms with Crippen LogP contribution in [-0.4, -0.2) is 48.4 Å². The molecule has 0 aromatic rings. The first-order valence-electron chi connectivity index (χ1n) is 9.98. The molecule has 0 bridgehead atoms. The highest BCUT2D eigenvalue weighted by Gasteiger charge is 2.45. The smallest absolute Gasteiger partial charge is 0.334 e. The molecule has 0 aromatic carbocycles. The molecule has 0 saturated carbocycles. The van der Waals surface area contributed by atoms with E-state index in [0.717, 1.165) is 11.1 Å². The molecule has 1 aliphatic heterocycles. The third-order valence-electron chi connectivity index (χ3n) is 5.37. The lowest BCUT2D eigenvalue weighted by molar-refractivity contribution is -0.156. The molecule has 2 aliphatic rings. The number of aliphatic hydroxyl groups excluding tert-OH is 1. The Morgan fingerprint density at radius 1 is 1.38 bits per heavy atom. The summed E-state index contributed by atoms with van der Waals surface area (Å²) >= 11 is 0. The number of hydrogen-bond acceptors (Lipinski definition) is 7. The van der Waals surface area contributed by atoms with Crippen LogP contribution in [0.25, 0.3) is 0 Å². The van der Waals surface area contributed by atoms with Crippen LogP contribution < -0.4 is 0 Å². The van der Waals surface area contributed by atoms with Gasteiger partial charge in [0.15, 0.2) is 0 Å². The Morgan fingerprint density at radius 3 is 2.72 bits per heavy atom. The summed E-state index contributed by atoms with van der Waals surface area (Å²) in [5, 5.41) is 9.67. The van der Waals surface area contributed by atoms with Gasteiger partial charge in [-0.15, -0.1) is 0 Å². The SMILES string of the molecule is C=C1C(=O)OC2C=C(CO)CCC=C(COC(C)=O)CC(OC(=O)C(C)CC)C12. The van der Waals surface area contributed by atoms with E-state index in [4.69, 9.17) is 14.2 Å². The van der Waals surface area contributed by atoms with Crippen LogP contribution in [-0.2, 0) is 28.6 Å². The summed E-state index contributed by atoms with van der Waals surface area (Å²) in [4.78, 5) is 36.0. The first kappa shape index (κ1) is 22.9. The number of esters is 3. The maximum Gasteiger partial charge on any atom is 0.334 e. The van der Waals surface area contributed by atoms with Crippen molar-refractivity contribution < 1.29 is 33.7 Å². The van der Waals surface area contributed by atoms with E-state index in [1.165, 1.54) is 6.92 Å². The Balaban J connectivity index is 2.40. The monoisotopic (exact) mass is 406 g/mol. The molecule has 29 heavy (non-hydrogen) atoms. The van der Waals surface area contributed by atoms with Crippen LogP contribution in [0.15, 0.2) is 35.5 Å². The zero-order valence-corrected chi connectivity index (χ0v) is 17.3. The van der Waals surface area contributed by atoms with Gasteiger partial charge >= 0.3 is 17.9 Å². The predicted molar refractivity (Wildman–Crippen MR) is 106 cm³/mol. The van der Waals surface area contributed by atoms with E-state index >= 15 is 0 Å². The van der Waals surface area contributed by atoms with Crippen LogP contribution in [0.3, 0.4) is 0 Å². The molecular formula is C22H30O7.